The van der Waals surface area contributed by atoms with Crippen molar-refractivity contribution >= 4 is 22.7 Å². The third-order valence-electron chi connectivity index (χ3n) is 7.18. The number of piperidine rings is 1. The van der Waals surface area contributed by atoms with Crippen LogP contribution in [0.25, 0.3) is 10.9 Å². The zero-order chi connectivity index (χ0) is 27.2. The molecule has 5 rings (SSSR count). The average Bonchev–Trinajstić information content (AvgIpc) is 3.38. The number of nitrogens with zero attached hydrogens (tertiary/aromatic N) is 4. The van der Waals surface area contributed by atoms with Gasteiger partial charge in [-0.3, -0.25) is 19.3 Å². The van der Waals surface area contributed by atoms with Gasteiger partial charge in [-0.15, -0.1) is 0 Å². The number of carbonyl (C=O) groups is 2. The van der Waals surface area contributed by atoms with Crippen LogP contribution in [0.1, 0.15) is 39.1 Å². The third kappa shape index (κ3) is 6.26. The molecule has 39 heavy (non-hydrogen) atoms. The predicted molar refractivity (Wildman–Crippen MR) is 148 cm³/mol. The molecule has 0 radical (unpaired) electrons. The Morgan fingerprint density at radius 2 is 1.72 bits per heavy atom. The summed E-state index contributed by atoms with van der Waals surface area (Å²) in [4.78, 5) is 31.5. The van der Waals surface area contributed by atoms with Gasteiger partial charge in [-0.1, -0.05) is 0 Å². The first-order chi connectivity index (χ1) is 19.0. The summed E-state index contributed by atoms with van der Waals surface area (Å²) in [5.41, 5.74) is 3.12. The Balaban J connectivity index is 1.15. The molecule has 1 aliphatic heterocycles. The highest BCUT2D eigenvalue weighted by molar-refractivity contribution is 6.00. The summed E-state index contributed by atoms with van der Waals surface area (Å²) in [7, 11) is 1.61. The van der Waals surface area contributed by atoms with Crippen LogP contribution in [0.5, 0.6) is 11.5 Å². The fraction of sp³-hybridized carbons (Fsp3) is 0.333. The van der Waals surface area contributed by atoms with E-state index in [1.165, 1.54) is 0 Å². The Morgan fingerprint density at radius 1 is 1.00 bits per heavy atom. The molecule has 202 valence electrons. The monoisotopic (exact) mass is 527 g/mol. The maximum Gasteiger partial charge on any atom is 0.253 e. The van der Waals surface area contributed by atoms with Gasteiger partial charge in [0.25, 0.3) is 11.8 Å². The van der Waals surface area contributed by atoms with Crippen LogP contribution >= 0.6 is 0 Å². The molecular formula is C30H33N5O4. The molecule has 4 aromatic rings. The molecule has 2 amide bonds. The minimum atomic E-state index is -0.104. The number of carbonyl (C=O) groups excluding carboxylic acids is 2. The van der Waals surface area contributed by atoms with Gasteiger partial charge in [0.05, 0.1) is 12.1 Å². The number of aryl methyl sites for hydroxylation is 1. The van der Waals surface area contributed by atoms with Gasteiger partial charge in [0, 0.05) is 68.4 Å². The highest BCUT2D eigenvalue weighted by atomic mass is 16.5. The topological polar surface area (TPSA) is 98.6 Å². The van der Waals surface area contributed by atoms with Crippen molar-refractivity contribution in [3.05, 3.63) is 83.8 Å². The van der Waals surface area contributed by atoms with Crippen molar-refractivity contribution in [2.45, 2.75) is 26.3 Å². The summed E-state index contributed by atoms with van der Waals surface area (Å²) in [6, 6.07) is 14.6. The van der Waals surface area contributed by atoms with Gasteiger partial charge in [0.15, 0.2) is 0 Å². The van der Waals surface area contributed by atoms with Gasteiger partial charge in [0.2, 0.25) is 0 Å². The van der Waals surface area contributed by atoms with Gasteiger partial charge in [-0.05, 0) is 79.8 Å². The molecule has 1 N–H and O–H groups in total. The number of likely N-dealkylation sites (tertiary alicyclic amines) is 1. The van der Waals surface area contributed by atoms with Gasteiger partial charge >= 0.3 is 0 Å². The number of fused-ring (bicyclic) bond motifs is 1. The summed E-state index contributed by atoms with van der Waals surface area (Å²) in [6.45, 7) is 5.12. The van der Waals surface area contributed by atoms with Gasteiger partial charge < -0.3 is 19.7 Å². The van der Waals surface area contributed by atoms with Crippen LogP contribution < -0.4 is 10.1 Å². The van der Waals surface area contributed by atoms with Crippen molar-refractivity contribution < 1.29 is 19.1 Å². The highest BCUT2D eigenvalue weighted by Crippen LogP contribution is 2.26. The lowest BCUT2D eigenvalue weighted by molar-refractivity contribution is 0.0681. The maximum absolute atomic E-state index is 13.1. The molecule has 1 saturated heterocycles. The third-order valence-corrected chi connectivity index (χ3v) is 7.18. The van der Waals surface area contributed by atoms with E-state index in [4.69, 9.17) is 14.6 Å². The molecule has 9 heteroatoms. The Labute approximate surface area is 227 Å². The lowest BCUT2D eigenvalue weighted by Gasteiger charge is -2.32. The summed E-state index contributed by atoms with van der Waals surface area (Å²) in [6.07, 6.45) is 7.21. The van der Waals surface area contributed by atoms with Crippen molar-refractivity contribution in [3.8, 4) is 11.5 Å². The van der Waals surface area contributed by atoms with E-state index in [2.05, 4.69) is 10.3 Å². The first-order valence-corrected chi connectivity index (χ1v) is 13.2. The molecule has 2 aromatic heterocycles. The standard InChI is InChI=1S/C30H33N5O4/c1-21-26(29(36)32-15-18-38-2)7-8-28-27(21)20-35(33-28)19-22-11-16-34(17-12-22)30(37)23-3-5-24(6-4-23)39-25-9-13-31-14-10-25/h3-10,13-14,20,22H,11-12,15-19H2,1-2H3,(H,32,36). The number of amides is 2. The Kier molecular flexibility index (Phi) is 8.17. The van der Waals surface area contributed by atoms with Gasteiger partial charge in [0.1, 0.15) is 11.5 Å². The van der Waals surface area contributed by atoms with E-state index in [-0.39, 0.29) is 11.8 Å². The summed E-state index contributed by atoms with van der Waals surface area (Å²) >= 11 is 0. The quantitative estimate of drug-likeness (QED) is 0.323. The molecule has 0 atom stereocenters. The van der Waals surface area contributed by atoms with Gasteiger partial charge in [-0.25, -0.2) is 0 Å². The molecule has 0 saturated carbocycles. The minimum absolute atomic E-state index is 0.0423. The predicted octanol–water partition coefficient (Wildman–Crippen LogP) is 4.46. The molecular weight excluding hydrogens is 494 g/mol. The number of nitrogens with one attached hydrogen (secondary N) is 1. The summed E-state index contributed by atoms with van der Waals surface area (Å²) in [5, 5.41) is 8.62. The lowest BCUT2D eigenvalue weighted by atomic mass is 9.96. The lowest BCUT2D eigenvalue weighted by Crippen LogP contribution is -2.39. The molecule has 3 heterocycles. The molecule has 2 aromatic carbocycles. The average molecular weight is 528 g/mol. The fourth-order valence-corrected chi connectivity index (χ4v) is 4.96. The smallest absolute Gasteiger partial charge is 0.253 e. The molecule has 0 bridgehead atoms. The number of benzene rings is 2. The van der Waals surface area contributed by atoms with E-state index in [1.54, 1.807) is 31.6 Å². The second-order valence-electron chi connectivity index (χ2n) is 9.82. The molecule has 1 fully saturated rings. The van der Waals surface area contributed by atoms with Crippen molar-refractivity contribution in [2.24, 2.45) is 5.92 Å². The molecule has 9 nitrogen and oxygen atoms in total. The first kappa shape index (κ1) is 26.4. The van der Waals surface area contributed by atoms with Crippen molar-refractivity contribution in [1.29, 1.82) is 0 Å². The molecule has 0 spiro atoms. The Morgan fingerprint density at radius 3 is 2.44 bits per heavy atom. The van der Waals surface area contributed by atoms with E-state index in [9.17, 15) is 9.59 Å². The van der Waals surface area contributed by atoms with E-state index in [1.807, 2.05) is 59.1 Å². The Hall–Kier alpha value is -4.24. The number of hydrogen-bond acceptors (Lipinski definition) is 6. The van der Waals surface area contributed by atoms with Crippen LogP contribution in [0, 0.1) is 12.8 Å². The SMILES string of the molecule is COCCNC(=O)c1ccc2nn(CC3CCN(C(=O)c4ccc(Oc5ccncc5)cc4)CC3)cc2c1C. The Bertz CT molecular complexity index is 1430. The highest BCUT2D eigenvalue weighted by Gasteiger charge is 2.24. The molecule has 1 aliphatic rings. The second-order valence-corrected chi connectivity index (χ2v) is 9.82. The minimum Gasteiger partial charge on any atom is -0.457 e. The van der Waals surface area contributed by atoms with Crippen molar-refractivity contribution in [1.82, 2.24) is 25.0 Å². The number of aromatic nitrogens is 3. The largest absolute Gasteiger partial charge is 0.457 e. The van der Waals surface area contributed by atoms with Crippen LogP contribution in [0.3, 0.4) is 0 Å². The summed E-state index contributed by atoms with van der Waals surface area (Å²) in [5.74, 6) is 1.75. The number of hydrogen-bond donors (Lipinski definition) is 1. The molecule has 0 unspecified atom stereocenters. The van der Waals surface area contributed by atoms with E-state index in [0.29, 0.717) is 54.8 Å². The van der Waals surface area contributed by atoms with E-state index in [0.717, 1.165) is 35.9 Å². The number of methoxy groups -OCH3 is 1. The van der Waals surface area contributed by atoms with Gasteiger partial charge in [-0.2, -0.15) is 5.10 Å². The summed E-state index contributed by atoms with van der Waals surface area (Å²) < 4.78 is 12.8. The molecule has 0 aliphatic carbocycles. The number of ether oxygens (including phenoxy) is 2. The zero-order valence-electron chi connectivity index (χ0n) is 22.3. The van der Waals surface area contributed by atoms with E-state index >= 15 is 0 Å². The second kappa shape index (κ2) is 12.1. The normalized spacial score (nSPS) is 13.9. The van der Waals surface area contributed by atoms with Crippen LogP contribution in [0.4, 0.5) is 0 Å². The van der Waals surface area contributed by atoms with Crippen molar-refractivity contribution in [2.75, 3.05) is 33.4 Å². The number of rotatable bonds is 9. The maximum atomic E-state index is 13.1. The van der Waals surface area contributed by atoms with Crippen LogP contribution in [-0.4, -0.2) is 64.8 Å². The first-order valence-electron chi connectivity index (χ1n) is 13.2. The zero-order valence-corrected chi connectivity index (χ0v) is 22.3. The van der Waals surface area contributed by atoms with Crippen LogP contribution in [-0.2, 0) is 11.3 Å². The van der Waals surface area contributed by atoms with Crippen molar-refractivity contribution in [3.63, 3.8) is 0 Å². The number of pyridine rings is 1. The fourth-order valence-electron chi connectivity index (χ4n) is 4.96. The van der Waals surface area contributed by atoms with Crippen LogP contribution in [0.15, 0.2) is 67.1 Å². The van der Waals surface area contributed by atoms with E-state index < -0.39 is 0 Å². The van der Waals surface area contributed by atoms with Crippen LogP contribution in [0.2, 0.25) is 0 Å².